The van der Waals surface area contributed by atoms with Gasteiger partial charge in [-0.2, -0.15) is 0 Å². The van der Waals surface area contributed by atoms with Crippen LogP contribution >= 0.6 is 11.3 Å². The first-order valence-electron chi connectivity index (χ1n) is 9.07. The second-order valence-corrected chi connectivity index (χ2v) is 8.18. The number of benzene rings is 1. The predicted octanol–water partition coefficient (Wildman–Crippen LogP) is 4.73. The maximum absolute atomic E-state index is 12.5. The number of esters is 1. The molecule has 146 valence electrons. The van der Waals surface area contributed by atoms with Crippen LogP contribution in [0.2, 0.25) is 0 Å². The van der Waals surface area contributed by atoms with Crippen LogP contribution in [0.3, 0.4) is 0 Å². The Morgan fingerprint density at radius 1 is 1.15 bits per heavy atom. The number of aromatic hydroxyl groups is 1. The van der Waals surface area contributed by atoms with E-state index >= 15 is 0 Å². The number of rotatable bonds is 7. The summed E-state index contributed by atoms with van der Waals surface area (Å²) in [6, 6.07) is 7.25. The molecule has 5 nitrogen and oxygen atoms in total. The molecule has 0 saturated carbocycles. The summed E-state index contributed by atoms with van der Waals surface area (Å²) in [7, 11) is 0. The average Bonchev–Trinajstić information content (AvgIpc) is 3.14. The zero-order chi connectivity index (χ0) is 20.1. The normalized spacial score (nSPS) is 12.3. The largest absolute Gasteiger partial charge is 0.507 e. The summed E-state index contributed by atoms with van der Waals surface area (Å²) >= 11 is 1.55. The highest BCUT2D eigenvalue weighted by molar-refractivity contribution is 7.10. The van der Waals surface area contributed by atoms with Crippen LogP contribution in [0.1, 0.15) is 78.9 Å². The fraction of sp³-hybridized carbons (Fsp3) is 0.429. The third-order valence-corrected chi connectivity index (χ3v) is 5.41. The lowest BCUT2D eigenvalue weighted by atomic mass is 9.92. The molecule has 2 rings (SSSR count). The Balaban J connectivity index is 2.07. The maximum Gasteiger partial charge on any atom is 0.342 e. The maximum atomic E-state index is 12.5. The predicted molar refractivity (Wildman–Crippen MR) is 107 cm³/mol. The van der Waals surface area contributed by atoms with Gasteiger partial charge in [-0.25, -0.2) is 4.79 Å². The number of thiophene rings is 1. The van der Waals surface area contributed by atoms with E-state index in [1.165, 1.54) is 0 Å². The molecule has 0 radical (unpaired) electrons. The first-order chi connectivity index (χ1) is 12.7. The van der Waals surface area contributed by atoms with Crippen LogP contribution in [0.25, 0.3) is 0 Å². The van der Waals surface area contributed by atoms with Gasteiger partial charge in [-0.15, -0.1) is 11.3 Å². The fourth-order valence-corrected chi connectivity index (χ4v) is 3.44. The zero-order valence-electron chi connectivity index (χ0n) is 16.4. The number of hydrogen-bond donors (Lipinski definition) is 2. The van der Waals surface area contributed by atoms with Gasteiger partial charge in [-0.05, 0) is 47.4 Å². The summed E-state index contributed by atoms with van der Waals surface area (Å²) in [5.41, 5.74) is 1.74. The number of ether oxygens (including phenoxy) is 1. The van der Waals surface area contributed by atoms with Gasteiger partial charge in [0.05, 0.1) is 6.04 Å². The van der Waals surface area contributed by atoms with Crippen LogP contribution < -0.4 is 5.32 Å². The molecule has 0 aliphatic heterocycles. The Kier molecular flexibility index (Phi) is 7.02. The Morgan fingerprint density at radius 2 is 1.85 bits per heavy atom. The monoisotopic (exact) mass is 389 g/mol. The number of carbonyl (C=O) groups excluding carboxylic acids is 2. The van der Waals surface area contributed by atoms with Crippen molar-refractivity contribution in [3.8, 4) is 5.75 Å². The quantitative estimate of drug-likeness (QED) is 0.671. The molecule has 0 saturated heterocycles. The van der Waals surface area contributed by atoms with E-state index in [0.717, 1.165) is 10.4 Å². The van der Waals surface area contributed by atoms with E-state index < -0.39 is 12.6 Å². The Labute approximate surface area is 164 Å². The lowest BCUT2D eigenvalue weighted by molar-refractivity contribution is -0.124. The number of amides is 1. The number of phenols is 1. The Hall–Kier alpha value is -2.34. The van der Waals surface area contributed by atoms with E-state index in [1.54, 1.807) is 17.4 Å². The lowest BCUT2D eigenvalue weighted by Gasteiger charge is -2.17. The van der Waals surface area contributed by atoms with Gasteiger partial charge in [-0.3, -0.25) is 4.79 Å². The molecular formula is C21H27NO4S. The second kappa shape index (κ2) is 9.04. The molecular weight excluding hydrogens is 362 g/mol. The summed E-state index contributed by atoms with van der Waals surface area (Å²) < 4.78 is 5.15. The first-order valence-corrected chi connectivity index (χ1v) is 9.95. The molecule has 0 aliphatic rings. The number of hydrogen-bond acceptors (Lipinski definition) is 5. The van der Waals surface area contributed by atoms with Crippen molar-refractivity contribution in [2.45, 2.75) is 52.5 Å². The summed E-state index contributed by atoms with van der Waals surface area (Å²) in [4.78, 5) is 25.6. The molecule has 1 heterocycles. The van der Waals surface area contributed by atoms with Crippen LogP contribution in [0.4, 0.5) is 0 Å². The minimum Gasteiger partial charge on any atom is -0.507 e. The molecule has 0 unspecified atom stereocenters. The molecule has 2 N–H and O–H groups in total. The molecule has 2 aromatic rings. The topological polar surface area (TPSA) is 75.6 Å². The van der Waals surface area contributed by atoms with Crippen LogP contribution in [-0.2, 0) is 9.53 Å². The molecule has 0 bridgehead atoms. The highest BCUT2D eigenvalue weighted by Gasteiger charge is 2.21. The van der Waals surface area contributed by atoms with E-state index in [4.69, 9.17) is 4.74 Å². The van der Waals surface area contributed by atoms with Crippen molar-refractivity contribution in [1.82, 2.24) is 5.32 Å². The van der Waals surface area contributed by atoms with Crippen molar-refractivity contribution in [1.29, 1.82) is 0 Å². The molecule has 0 spiro atoms. The smallest absolute Gasteiger partial charge is 0.342 e. The van der Waals surface area contributed by atoms with Crippen molar-refractivity contribution in [3.63, 3.8) is 0 Å². The third kappa shape index (κ3) is 5.32. The number of nitrogens with one attached hydrogen (secondary N) is 1. The van der Waals surface area contributed by atoms with E-state index in [1.807, 2.05) is 58.2 Å². The molecule has 1 aromatic carbocycles. The minimum atomic E-state index is -0.698. The number of phenolic OH excluding ortho intramolecular Hbond substituents is 1. The summed E-state index contributed by atoms with van der Waals surface area (Å²) in [6.45, 7) is 9.42. The molecule has 1 atom stereocenters. The van der Waals surface area contributed by atoms with E-state index in [-0.39, 0.29) is 35.1 Å². The van der Waals surface area contributed by atoms with Crippen LogP contribution in [0.15, 0.2) is 29.6 Å². The molecule has 1 amide bonds. The fourth-order valence-electron chi connectivity index (χ4n) is 2.71. The van der Waals surface area contributed by atoms with Gasteiger partial charge < -0.3 is 15.2 Å². The minimum absolute atomic E-state index is 0.0604. The van der Waals surface area contributed by atoms with E-state index in [9.17, 15) is 14.7 Å². The van der Waals surface area contributed by atoms with Gasteiger partial charge in [-0.1, -0.05) is 39.8 Å². The van der Waals surface area contributed by atoms with Crippen molar-refractivity contribution in [2.75, 3.05) is 6.61 Å². The van der Waals surface area contributed by atoms with Crippen molar-refractivity contribution in [2.24, 2.45) is 0 Å². The second-order valence-electron chi connectivity index (χ2n) is 7.20. The zero-order valence-corrected chi connectivity index (χ0v) is 17.2. The van der Waals surface area contributed by atoms with E-state index in [0.29, 0.717) is 5.56 Å². The van der Waals surface area contributed by atoms with Gasteiger partial charge in [0, 0.05) is 4.88 Å². The summed E-state index contributed by atoms with van der Waals surface area (Å²) in [5.74, 6) is -0.898. The van der Waals surface area contributed by atoms with Crippen molar-refractivity contribution >= 4 is 23.2 Å². The molecule has 27 heavy (non-hydrogen) atoms. The van der Waals surface area contributed by atoms with Gasteiger partial charge in [0.2, 0.25) is 0 Å². The lowest BCUT2D eigenvalue weighted by Crippen LogP contribution is -2.30. The van der Waals surface area contributed by atoms with Gasteiger partial charge in [0.1, 0.15) is 11.3 Å². The third-order valence-electron chi connectivity index (χ3n) is 4.35. The molecule has 6 heteroatoms. The first kappa shape index (κ1) is 21.0. The van der Waals surface area contributed by atoms with Crippen LogP contribution in [-0.4, -0.2) is 23.6 Å². The Morgan fingerprint density at radius 3 is 2.41 bits per heavy atom. The average molecular weight is 390 g/mol. The van der Waals surface area contributed by atoms with Gasteiger partial charge in [0.15, 0.2) is 6.61 Å². The Bertz CT molecular complexity index is 797. The van der Waals surface area contributed by atoms with Gasteiger partial charge in [0.25, 0.3) is 5.91 Å². The standard InChI is InChI=1S/C21H27NO4S/c1-12(2)15-9-16(13(3)4)20(24)17(10-15)21(25)26-11-19(23)22-14(5)18-7-6-8-27-18/h6-10,12-14,24H,11H2,1-5H3,(H,22,23)/t14-/m0/s1. The molecule has 0 aliphatic carbocycles. The summed E-state index contributed by atoms with van der Waals surface area (Å²) in [6.07, 6.45) is 0. The van der Waals surface area contributed by atoms with Crippen LogP contribution in [0.5, 0.6) is 5.75 Å². The van der Waals surface area contributed by atoms with Gasteiger partial charge >= 0.3 is 5.97 Å². The van der Waals surface area contributed by atoms with Crippen LogP contribution in [0, 0.1) is 0 Å². The summed E-state index contributed by atoms with van der Waals surface area (Å²) in [5, 5.41) is 15.2. The van der Waals surface area contributed by atoms with Crippen molar-refractivity contribution < 1.29 is 19.4 Å². The molecule has 0 fully saturated rings. The van der Waals surface area contributed by atoms with Crippen molar-refractivity contribution in [3.05, 3.63) is 51.2 Å². The number of carbonyl (C=O) groups is 2. The molecule has 1 aromatic heterocycles. The highest BCUT2D eigenvalue weighted by Crippen LogP contribution is 2.33. The SMILES string of the molecule is CC(C)c1cc(C(=O)OCC(=O)N[C@@H](C)c2cccs2)c(O)c(C(C)C)c1. The highest BCUT2D eigenvalue weighted by atomic mass is 32.1. The van der Waals surface area contributed by atoms with E-state index in [2.05, 4.69) is 5.32 Å².